The third kappa shape index (κ3) is 3.42. The number of nitrogens with two attached hydrogens (primary N) is 1. The van der Waals surface area contributed by atoms with Gasteiger partial charge >= 0.3 is 5.97 Å². The van der Waals surface area contributed by atoms with Gasteiger partial charge in [-0.1, -0.05) is 6.92 Å². The molecule has 0 amide bonds. The molecule has 0 bridgehead atoms. The topological polar surface area (TPSA) is 83.5 Å². The van der Waals surface area contributed by atoms with Crippen molar-refractivity contribution < 1.29 is 15.0 Å². The fraction of sp³-hybridized carbons (Fsp3) is 0.833. The fourth-order valence-electron chi connectivity index (χ4n) is 0.561. The van der Waals surface area contributed by atoms with E-state index >= 15 is 0 Å². The molecule has 1 unspecified atom stereocenters. The molecule has 0 fully saturated rings. The minimum absolute atomic E-state index is 0.131. The second-order valence-electron chi connectivity index (χ2n) is 2.24. The highest BCUT2D eigenvalue weighted by molar-refractivity contribution is 5.73. The summed E-state index contributed by atoms with van der Waals surface area (Å²) in [5.74, 6) is -1.06. The number of hydrogen-bond donors (Lipinski definition) is 3. The zero-order valence-corrected chi connectivity index (χ0v) is 5.95. The molecule has 0 radical (unpaired) electrons. The zero-order valence-electron chi connectivity index (χ0n) is 5.95. The second-order valence-corrected chi connectivity index (χ2v) is 2.24. The molecule has 0 saturated carbocycles. The van der Waals surface area contributed by atoms with Gasteiger partial charge in [-0.15, -0.1) is 0 Å². The minimum Gasteiger partial charge on any atom is -0.480 e. The van der Waals surface area contributed by atoms with E-state index < -0.39 is 18.1 Å². The van der Waals surface area contributed by atoms with Gasteiger partial charge in [-0.25, -0.2) is 0 Å². The van der Waals surface area contributed by atoms with Crippen LogP contribution in [0.1, 0.15) is 19.8 Å². The van der Waals surface area contributed by atoms with Gasteiger partial charge in [0.2, 0.25) is 0 Å². The van der Waals surface area contributed by atoms with Crippen molar-refractivity contribution in [3.63, 3.8) is 0 Å². The lowest BCUT2D eigenvalue weighted by atomic mass is 10.1. The van der Waals surface area contributed by atoms with Crippen LogP contribution in [-0.4, -0.2) is 28.3 Å². The average molecular weight is 147 g/mol. The number of carboxylic acids is 1. The quantitative estimate of drug-likeness (QED) is 0.503. The van der Waals surface area contributed by atoms with Crippen LogP contribution in [0.15, 0.2) is 0 Å². The van der Waals surface area contributed by atoms with Crippen molar-refractivity contribution in [2.75, 3.05) is 0 Å². The summed E-state index contributed by atoms with van der Waals surface area (Å²) in [5.41, 5.74) is 5.13. The first-order valence-corrected chi connectivity index (χ1v) is 3.24. The van der Waals surface area contributed by atoms with Gasteiger partial charge in [0.15, 0.2) is 0 Å². The summed E-state index contributed by atoms with van der Waals surface area (Å²) < 4.78 is 0. The summed E-state index contributed by atoms with van der Waals surface area (Å²) in [6.07, 6.45) is 0.0819. The number of carboxylic acid groups (broad SMARTS) is 1. The van der Waals surface area contributed by atoms with Crippen LogP contribution in [0.3, 0.4) is 0 Å². The predicted molar refractivity (Wildman–Crippen MR) is 36.5 cm³/mol. The molecule has 0 rings (SSSR count). The van der Waals surface area contributed by atoms with Crippen molar-refractivity contribution in [3.8, 4) is 0 Å². The molecule has 4 heteroatoms. The third-order valence-electron chi connectivity index (χ3n) is 1.31. The van der Waals surface area contributed by atoms with Gasteiger partial charge < -0.3 is 15.9 Å². The van der Waals surface area contributed by atoms with Gasteiger partial charge in [-0.3, -0.25) is 4.79 Å². The zero-order chi connectivity index (χ0) is 8.15. The normalized spacial score (nSPS) is 16.3. The van der Waals surface area contributed by atoms with Gasteiger partial charge in [0, 0.05) is 0 Å². The summed E-state index contributed by atoms with van der Waals surface area (Å²) in [7, 11) is 0. The minimum atomic E-state index is -1.06. The van der Waals surface area contributed by atoms with Crippen molar-refractivity contribution in [2.45, 2.75) is 31.9 Å². The largest absolute Gasteiger partial charge is 0.480 e. The first kappa shape index (κ1) is 9.39. The molecule has 0 aromatic carbocycles. The summed E-state index contributed by atoms with van der Waals surface area (Å²) >= 11 is 0. The molecule has 0 heterocycles. The average Bonchev–Trinajstić information content (AvgIpc) is 1.87. The lowest BCUT2D eigenvalue weighted by Crippen LogP contribution is -2.33. The van der Waals surface area contributed by atoms with E-state index in [1.165, 1.54) is 0 Å². The van der Waals surface area contributed by atoms with E-state index in [1.807, 2.05) is 0 Å². The van der Waals surface area contributed by atoms with Crippen LogP contribution < -0.4 is 5.73 Å². The first-order chi connectivity index (χ1) is 4.57. The van der Waals surface area contributed by atoms with E-state index in [0.29, 0.717) is 6.42 Å². The molecule has 0 aliphatic heterocycles. The maximum absolute atomic E-state index is 10.1. The smallest absolute Gasteiger partial charge is 0.320 e. The molecule has 60 valence electrons. The van der Waals surface area contributed by atoms with Gasteiger partial charge in [0.1, 0.15) is 6.04 Å². The van der Waals surface area contributed by atoms with Crippen molar-refractivity contribution in [3.05, 3.63) is 0 Å². The van der Waals surface area contributed by atoms with E-state index in [1.54, 1.807) is 6.92 Å². The Balaban J connectivity index is 3.56. The van der Waals surface area contributed by atoms with Crippen LogP contribution >= 0.6 is 0 Å². The fourth-order valence-corrected chi connectivity index (χ4v) is 0.561. The molecule has 4 nitrogen and oxygen atoms in total. The molecule has 2 atom stereocenters. The maximum Gasteiger partial charge on any atom is 0.320 e. The van der Waals surface area contributed by atoms with E-state index in [4.69, 9.17) is 15.9 Å². The molecule has 0 aliphatic rings. The Hall–Kier alpha value is -0.610. The van der Waals surface area contributed by atoms with Crippen LogP contribution in [0.5, 0.6) is 0 Å². The van der Waals surface area contributed by atoms with Crippen LogP contribution in [0, 0.1) is 0 Å². The molecule has 10 heavy (non-hydrogen) atoms. The number of aliphatic hydroxyl groups is 1. The Labute approximate surface area is 59.7 Å². The van der Waals surface area contributed by atoms with E-state index in [2.05, 4.69) is 0 Å². The van der Waals surface area contributed by atoms with Crippen molar-refractivity contribution >= 4 is 5.97 Å². The summed E-state index contributed by atoms with van der Waals surface area (Å²) in [6.45, 7) is 1.78. The number of aliphatic carboxylic acids is 1. The Morgan fingerprint density at radius 3 is 2.50 bits per heavy atom. The summed E-state index contributed by atoms with van der Waals surface area (Å²) in [6, 6.07) is -0.935. The monoisotopic (exact) mass is 147 g/mol. The Morgan fingerprint density at radius 2 is 2.20 bits per heavy atom. The highest BCUT2D eigenvalue weighted by Crippen LogP contribution is 1.99. The lowest BCUT2D eigenvalue weighted by Gasteiger charge is -2.09. The van der Waals surface area contributed by atoms with Crippen LogP contribution in [-0.2, 0) is 4.79 Å². The van der Waals surface area contributed by atoms with Crippen LogP contribution in [0.4, 0.5) is 0 Å². The third-order valence-corrected chi connectivity index (χ3v) is 1.31. The number of hydrogen-bond acceptors (Lipinski definition) is 3. The number of carbonyl (C=O) groups is 1. The van der Waals surface area contributed by atoms with Crippen molar-refractivity contribution in [1.82, 2.24) is 0 Å². The standard InChI is InChI=1S/C6H13NO3/c1-2-4(8)3-5(7)6(9)10/h4-5,8H,2-3,7H2,1H3,(H,9,10)/t4-,5?/m1/s1. The Bertz CT molecular complexity index is 116. The van der Waals surface area contributed by atoms with Gasteiger partial charge in [-0.05, 0) is 12.8 Å². The Morgan fingerprint density at radius 1 is 1.70 bits per heavy atom. The number of rotatable bonds is 4. The lowest BCUT2D eigenvalue weighted by molar-refractivity contribution is -0.139. The van der Waals surface area contributed by atoms with E-state index in [9.17, 15) is 4.79 Å². The highest BCUT2D eigenvalue weighted by atomic mass is 16.4. The first-order valence-electron chi connectivity index (χ1n) is 3.24. The summed E-state index contributed by atoms with van der Waals surface area (Å²) in [5, 5.41) is 17.2. The van der Waals surface area contributed by atoms with Crippen molar-refractivity contribution in [2.24, 2.45) is 5.73 Å². The van der Waals surface area contributed by atoms with Gasteiger partial charge in [-0.2, -0.15) is 0 Å². The number of aliphatic hydroxyl groups excluding tert-OH is 1. The van der Waals surface area contributed by atoms with Gasteiger partial charge in [0.25, 0.3) is 0 Å². The molecule has 0 spiro atoms. The molecule has 0 aromatic rings. The maximum atomic E-state index is 10.1. The predicted octanol–water partition coefficient (Wildman–Crippen LogP) is -0.441. The van der Waals surface area contributed by atoms with Gasteiger partial charge in [0.05, 0.1) is 6.10 Å². The van der Waals surface area contributed by atoms with Crippen LogP contribution in [0.2, 0.25) is 0 Å². The Kier molecular flexibility index (Phi) is 3.99. The molecule has 0 aromatic heterocycles. The SMILES string of the molecule is CC[C@@H](O)CC(N)C(=O)O. The molecule has 0 saturated heterocycles. The van der Waals surface area contributed by atoms with E-state index in [0.717, 1.165) is 0 Å². The molecule has 4 N–H and O–H groups in total. The van der Waals surface area contributed by atoms with Crippen molar-refractivity contribution in [1.29, 1.82) is 0 Å². The second kappa shape index (κ2) is 4.24. The molecule has 0 aliphatic carbocycles. The summed E-state index contributed by atoms with van der Waals surface area (Å²) in [4.78, 5) is 10.1. The molecular weight excluding hydrogens is 134 g/mol. The van der Waals surface area contributed by atoms with E-state index in [-0.39, 0.29) is 6.42 Å². The highest BCUT2D eigenvalue weighted by Gasteiger charge is 2.14. The molecular formula is C6H13NO3. The van der Waals surface area contributed by atoms with Crippen LogP contribution in [0.25, 0.3) is 0 Å².